The second kappa shape index (κ2) is 7.13. The molecule has 2 rings (SSSR count). The summed E-state index contributed by atoms with van der Waals surface area (Å²) >= 11 is 0. The van der Waals surface area contributed by atoms with E-state index in [0.717, 1.165) is 10.5 Å². The molecule has 5 nitrogen and oxygen atoms in total. The van der Waals surface area contributed by atoms with Gasteiger partial charge in [0.1, 0.15) is 11.5 Å². The normalized spacial score (nSPS) is 10.2. The largest absolute Gasteiger partial charge is 0.619 e. The van der Waals surface area contributed by atoms with E-state index < -0.39 is 12.1 Å². The van der Waals surface area contributed by atoms with Gasteiger partial charge in [-0.05, 0) is 12.1 Å². The van der Waals surface area contributed by atoms with Crippen molar-refractivity contribution in [2.75, 3.05) is 0 Å². The van der Waals surface area contributed by atoms with Gasteiger partial charge in [-0.25, -0.2) is 4.79 Å². The van der Waals surface area contributed by atoms with Crippen molar-refractivity contribution in [3.05, 3.63) is 60.1 Å². The summed E-state index contributed by atoms with van der Waals surface area (Å²) in [4.78, 5) is 8.90. The Morgan fingerprint density at radius 3 is 1.90 bits per heavy atom. The fourth-order valence-corrected chi connectivity index (χ4v) is 1.09. The lowest BCUT2D eigenvalue weighted by Crippen LogP contribution is -2.23. The molecule has 1 aromatic carbocycles. The third-order valence-corrected chi connectivity index (χ3v) is 1.99. The maximum atomic E-state index is 10.7. The van der Waals surface area contributed by atoms with Crippen LogP contribution in [0.5, 0.6) is 11.5 Å². The van der Waals surface area contributed by atoms with Gasteiger partial charge in [-0.3, -0.25) is 0 Å². The molecule has 0 saturated carbocycles. The summed E-state index contributed by atoms with van der Waals surface area (Å²) in [7, 11) is 0. The van der Waals surface area contributed by atoms with Crippen LogP contribution in [0.3, 0.4) is 0 Å². The van der Waals surface area contributed by atoms with Crippen LogP contribution in [0.15, 0.2) is 54.9 Å². The number of alkyl halides is 3. The Hall–Kier alpha value is -2.77. The van der Waals surface area contributed by atoms with Crippen molar-refractivity contribution in [2.45, 2.75) is 6.18 Å². The summed E-state index contributed by atoms with van der Waals surface area (Å²) < 4.78 is 37.9. The molecule has 0 unspecified atom stereocenters. The summed E-state index contributed by atoms with van der Waals surface area (Å²) in [5.41, 5.74) is 0. The average molecular weight is 301 g/mol. The minimum Gasteiger partial charge on any atom is -0.619 e. The number of carbonyl (C=O) groups is 1. The number of carboxylic acid groups (broad SMARTS) is 1. The molecule has 1 N–H and O–H groups in total. The maximum absolute atomic E-state index is 10.7. The molecule has 0 fully saturated rings. The Morgan fingerprint density at radius 2 is 1.48 bits per heavy atom. The van der Waals surface area contributed by atoms with Gasteiger partial charge in [0.05, 0.1) is 0 Å². The molecule has 21 heavy (non-hydrogen) atoms. The van der Waals surface area contributed by atoms with E-state index in [1.807, 2.05) is 30.3 Å². The zero-order valence-corrected chi connectivity index (χ0v) is 10.4. The molecular formula is C13H10F3NO4. The lowest BCUT2D eigenvalue weighted by atomic mass is 10.3. The van der Waals surface area contributed by atoms with E-state index in [2.05, 4.69) is 0 Å². The smallest absolute Gasteiger partial charge is 0.490 e. The van der Waals surface area contributed by atoms with Gasteiger partial charge in [0.15, 0.2) is 12.4 Å². The Morgan fingerprint density at radius 1 is 1.05 bits per heavy atom. The van der Waals surface area contributed by atoms with Gasteiger partial charge in [0.2, 0.25) is 0 Å². The molecule has 0 aliphatic rings. The molecule has 1 heterocycles. The van der Waals surface area contributed by atoms with E-state index >= 15 is 0 Å². The SMILES string of the molecule is O=C(O)C(F)(F)F.[O-][n+]1ccc(Oc2ccccc2)cc1. The number of halogens is 3. The quantitative estimate of drug-likeness (QED) is 0.683. The minimum absolute atomic E-state index is 0.656. The van der Waals surface area contributed by atoms with E-state index in [1.54, 1.807) is 12.1 Å². The molecule has 112 valence electrons. The number of aliphatic carboxylic acids is 1. The van der Waals surface area contributed by atoms with Crippen molar-refractivity contribution >= 4 is 5.97 Å². The van der Waals surface area contributed by atoms with Crippen molar-refractivity contribution < 1.29 is 32.5 Å². The third kappa shape index (κ3) is 6.28. The van der Waals surface area contributed by atoms with Crippen LogP contribution in [-0.4, -0.2) is 17.3 Å². The number of pyridine rings is 1. The van der Waals surface area contributed by atoms with E-state index in [-0.39, 0.29) is 0 Å². The van der Waals surface area contributed by atoms with Gasteiger partial charge < -0.3 is 15.1 Å². The number of rotatable bonds is 2. The van der Waals surface area contributed by atoms with Gasteiger partial charge in [0, 0.05) is 12.1 Å². The van der Waals surface area contributed by atoms with Gasteiger partial charge in [-0.15, -0.1) is 0 Å². The molecule has 0 aliphatic carbocycles. The van der Waals surface area contributed by atoms with Crippen molar-refractivity contribution in [1.29, 1.82) is 0 Å². The summed E-state index contributed by atoms with van der Waals surface area (Å²) in [5.74, 6) is -1.34. The highest BCUT2D eigenvalue weighted by Crippen LogP contribution is 2.18. The Kier molecular flexibility index (Phi) is 5.53. The lowest BCUT2D eigenvalue weighted by molar-refractivity contribution is -0.605. The van der Waals surface area contributed by atoms with Crippen LogP contribution in [0, 0.1) is 5.21 Å². The van der Waals surface area contributed by atoms with Crippen molar-refractivity contribution in [2.24, 2.45) is 0 Å². The molecule has 0 radical (unpaired) electrons. The van der Waals surface area contributed by atoms with Crippen LogP contribution in [0.2, 0.25) is 0 Å². The molecule has 0 spiro atoms. The highest BCUT2D eigenvalue weighted by Gasteiger charge is 2.38. The number of ether oxygens (including phenoxy) is 1. The second-order valence-corrected chi connectivity index (χ2v) is 3.61. The zero-order valence-electron chi connectivity index (χ0n) is 10.4. The average Bonchev–Trinajstić information content (AvgIpc) is 2.42. The number of hydrogen-bond donors (Lipinski definition) is 1. The predicted octanol–water partition coefficient (Wildman–Crippen LogP) is 2.75. The van der Waals surface area contributed by atoms with Gasteiger partial charge in [-0.1, -0.05) is 18.2 Å². The van der Waals surface area contributed by atoms with Crippen LogP contribution in [0.4, 0.5) is 13.2 Å². The topological polar surface area (TPSA) is 73.5 Å². The Labute approximate surface area is 117 Å². The first-order valence-corrected chi connectivity index (χ1v) is 5.51. The van der Waals surface area contributed by atoms with Crippen LogP contribution in [0.25, 0.3) is 0 Å². The first-order chi connectivity index (χ1) is 9.79. The lowest BCUT2D eigenvalue weighted by Gasteiger charge is -2.03. The van der Waals surface area contributed by atoms with E-state index in [0.29, 0.717) is 5.75 Å². The summed E-state index contributed by atoms with van der Waals surface area (Å²) in [6.07, 6.45) is -2.28. The predicted molar refractivity (Wildman–Crippen MR) is 65.6 cm³/mol. The second-order valence-electron chi connectivity index (χ2n) is 3.61. The first kappa shape index (κ1) is 16.3. The summed E-state index contributed by atoms with van der Waals surface area (Å²) in [5, 5.41) is 17.9. The van der Waals surface area contributed by atoms with Crippen LogP contribution < -0.4 is 9.47 Å². The monoisotopic (exact) mass is 301 g/mol. The highest BCUT2D eigenvalue weighted by molar-refractivity contribution is 5.73. The highest BCUT2D eigenvalue weighted by atomic mass is 19.4. The molecule has 2 aromatic rings. The fourth-order valence-electron chi connectivity index (χ4n) is 1.09. The third-order valence-electron chi connectivity index (χ3n) is 1.99. The van der Waals surface area contributed by atoms with Gasteiger partial charge in [-0.2, -0.15) is 17.9 Å². The molecule has 0 amide bonds. The number of benzene rings is 1. The zero-order chi connectivity index (χ0) is 15.9. The maximum Gasteiger partial charge on any atom is 0.490 e. The standard InChI is InChI=1S/C11H9NO2.C2HF3O2/c13-12-8-6-11(7-9-12)14-10-4-2-1-3-5-10;3-2(4,5)1(6)7/h1-9H;(H,6,7). The van der Waals surface area contributed by atoms with Crippen molar-refractivity contribution in [3.8, 4) is 11.5 Å². The first-order valence-electron chi connectivity index (χ1n) is 5.51. The summed E-state index contributed by atoms with van der Waals surface area (Å²) in [6.45, 7) is 0. The Balaban J connectivity index is 0.000000270. The van der Waals surface area contributed by atoms with Crippen LogP contribution in [0.1, 0.15) is 0 Å². The minimum atomic E-state index is -5.08. The van der Waals surface area contributed by atoms with Gasteiger partial charge >= 0.3 is 12.1 Å². The van der Waals surface area contributed by atoms with E-state index in [9.17, 15) is 18.4 Å². The summed E-state index contributed by atoms with van der Waals surface area (Å²) in [6, 6.07) is 12.7. The number of hydrogen-bond acceptors (Lipinski definition) is 3. The van der Waals surface area contributed by atoms with E-state index in [1.165, 1.54) is 12.4 Å². The van der Waals surface area contributed by atoms with Crippen LogP contribution in [-0.2, 0) is 4.79 Å². The van der Waals surface area contributed by atoms with Gasteiger partial charge in [0.25, 0.3) is 0 Å². The van der Waals surface area contributed by atoms with E-state index in [4.69, 9.17) is 14.6 Å². The van der Waals surface area contributed by atoms with Crippen molar-refractivity contribution in [1.82, 2.24) is 0 Å². The van der Waals surface area contributed by atoms with Crippen LogP contribution >= 0.6 is 0 Å². The fraction of sp³-hybridized carbons (Fsp3) is 0.0769. The number of para-hydroxylation sites is 1. The molecule has 0 saturated heterocycles. The molecule has 8 heteroatoms. The van der Waals surface area contributed by atoms with Crippen molar-refractivity contribution in [3.63, 3.8) is 0 Å². The Bertz CT molecular complexity index is 570. The molecular weight excluding hydrogens is 291 g/mol. The number of nitrogens with zero attached hydrogens (tertiary/aromatic N) is 1. The molecule has 0 atom stereocenters. The number of aromatic nitrogens is 1. The molecule has 0 bridgehead atoms. The number of carboxylic acids is 1. The molecule has 1 aromatic heterocycles. The molecule has 0 aliphatic heterocycles.